The second-order valence-corrected chi connectivity index (χ2v) is 7.02. The van der Waals surface area contributed by atoms with Crippen molar-refractivity contribution < 1.29 is 14.3 Å². The summed E-state index contributed by atoms with van der Waals surface area (Å²) in [7, 11) is 0. The fraction of sp³-hybridized carbons (Fsp3) is 0.500. The van der Waals surface area contributed by atoms with Crippen LogP contribution in [0.1, 0.15) is 63.8 Å². The Morgan fingerprint density at radius 2 is 2.20 bits per heavy atom. The number of hydrogen-bond donors (Lipinski definition) is 3. The number of aromatic amines is 1. The van der Waals surface area contributed by atoms with E-state index in [1.54, 1.807) is 6.92 Å². The fourth-order valence-electron chi connectivity index (χ4n) is 2.69. The molecule has 0 aliphatic carbocycles. The minimum absolute atomic E-state index is 0.0450. The number of nitrogens with one attached hydrogen (secondary N) is 3. The molecule has 9 heteroatoms. The SMILES string of the molecule is CCOC(=O)c1sc(NC(=O)c2n[nH]c3c2CNCC3)nc1C(C)C. The average Bonchev–Trinajstić information content (AvgIpc) is 3.19. The molecular formula is C16H21N5O3S. The van der Waals surface area contributed by atoms with Crippen molar-refractivity contribution in [2.45, 2.75) is 39.7 Å². The normalized spacial score (nSPS) is 13.6. The Labute approximate surface area is 149 Å². The first-order valence-corrected chi connectivity index (χ1v) is 9.08. The summed E-state index contributed by atoms with van der Waals surface area (Å²) in [6.45, 7) is 7.41. The average molecular weight is 363 g/mol. The summed E-state index contributed by atoms with van der Waals surface area (Å²) >= 11 is 1.13. The van der Waals surface area contributed by atoms with Gasteiger partial charge >= 0.3 is 5.97 Å². The number of aromatic nitrogens is 3. The predicted molar refractivity (Wildman–Crippen MR) is 94.1 cm³/mol. The van der Waals surface area contributed by atoms with Crippen molar-refractivity contribution in [2.75, 3.05) is 18.5 Å². The zero-order valence-electron chi connectivity index (χ0n) is 14.4. The van der Waals surface area contributed by atoms with Crippen LogP contribution in [-0.4, -0.2) is 40.2 Å². The summed E-state index contributed by atoms with van der Waals surface area (Å²) in [6, 6.07) is 0. The highest BCUT2D eigenvalue weighted by Gasteiger charge is 2.25. The van der Waals surface area contributed by atoms with Gasteiger partial charge in [0.2, 0.25) is 0 Å². The monoisotopic (exact) mass is 363 g/mol. The highest BCUT2D eigenvalue weighted by atomic mass is 32.1. The van der Waals surface area contributed by atoms with Gasteiger partial charge in [0.15, 0.2) is 10.8 Å². The summed E-state index contributed by atoms with van der Waals surface area (Å²) in [5.74, 6) is -0.699. The zero-order valence-corrected chi connectivity index (χ0v) is 15.2. The van der Waals surface area contributed by atoms with Gasteiger partial charge in [-0.25, -0.2) is 9.78 Å². The second-order valence-electron chi connectivity index (χ2n) is 6.02. The molecule has 2 aromatic heterocycles. The number of hydrogen-bond acceptors (Lipinski definition) is 7. The molecule has 0 fully saturated rings. The van der Waals surface area contributed by atoms with Gasteiger partial charge in [0.1, 0.15) is 4.88 Å². The number of H-pyrrole nitrogens is 1. The molecule has 0 bridgehead atoms. The molecule has 0 aromatic carbocycles. The lowest BCUT2D eigenvalue weighted by molar-refractivity contribution is 0.0530. The first kappa shape index (κ1) is 17.6. The van der Waals surface area contributed by atoms with E-state index in [1.165, 1.54) is 0 Å². The van der Waals surface area contributed by atoms with E-state index in [2.05, 4.69) is 25.8 Å². The van der Waals surface area contributed by atoms with Crippen LogP contribution in [0, 0.1) is 0 Å². The molecule has 0 saturated heterocycles. The largest absolute Gasteiger partial charge is 0.462 e. The van der Waals surface area contributed by atoms with E-state index in [4.69, 9.17) is 4.74 Å². The lowest BCUT2D eigenvalue weighted by atomic mass is 10.1. The number of carbonyl (C=O) groups excluding carboxylic acids is 2. The number of nitrogens with zero attached hydrogens (tertiary/aromatic N) is 2. The topological polar surface area (TPSA) is 109 Å². The Morgan fingerprint density at radius 3 is 2.92 bits per heavy atom. The Morgan fingerprint density at radius 1 is 1.40 bits per heavy atom. The van der Waals surface area contributed by atoms with Crippen molar-refractivity contribution in [1.82, 2.24) is 20.5 Å². The summed E-state index contributed by atoms with van der Waals surface area (Å²) in [5.41, 5.74) is 2.86. The van der Waals surface area contributed by atoms with Crippen molar-refractivity contribution in [3.8, 4) is 0 Å². The van der Waals surface area contributed by atoms with Gasteiger partial charge in [0, 0.05) is 30.8 Å². The summed E-state index contributed by atoms with van der Waals surface area (Å²) in [6.07, 6.45) is 0.817. The molecular weight excluding hydrogens is 342 g/mol. The van der Waals surface area contributed by atoms with Crippen LogP contribution >= 0.6 is 11.3 Å². The van der Waals surface area contributed by atoms with Crippen LogP contribution in [0.4, 0.5) is 5.13 Å². The van der Waals surface area contributed by atoms with E-state index in [-0.39, 0.29) is 11.8 Å². The second kappa shape index (κ2) is 7.32. The quantitative estimate of drug-likeness (QED) is 0.702. The molecule has 0 radical (unpaired) electrons. The van der Waals surface area contributed by atoms with Gasteiger partial charge in [0.25, 0.3) is 5.91 Å². The van der Waals surface area contributed by atoms with Gasteiger partial charge in [-0.05, 0) is 12.8 Å². The molecule has 1 aliphatic rings. The Balaban J connectivity index is 1.83. The number of ether oxygens (including phenoxy) is 1. The summed E-state index contributed by atoms with van der Waals surface area (Å²) in [4.78, 5) is 29.5. The van der Waals surface area contributed by atoms with Crippen molar-refractivity contribution in [3.63, 3.8) is 0 Å². The van der Waals surface area contributed by atoms with Gasteiger partial charge < -0.3 is 10.1 Å². The smallest absolute Gasteiger partial charge is 0.350 e. The molecule has 0 spiro atoms. The molecule has 0 unspecified atom stereocenters. The van der Waals surface area contributed by atoms with E-state index in [0.29, 0.717) is 34.5 Å². The predicted octanol–water partition coefficient (Wildman–Crippen LogP) is 2.06. The van der Waals surface area contributed by atoms with Crippen molar-refractivity contribution in [1.29, 1.82) is 0 Å². The van der Waals surface area contributed by atoms with E-state index in [0.717, 1.165) is 35.6 Å². The molecule has 0 saturated carbocycles. The van der Waals surface area contributed by atoms with Crippen molar-refractivity contribution >= 4 is 28.3 Å². The van der Waals surface area contributed by atoms with Crippen molar-refractivity contribution in [2.24, 2.45) is 0 Å². The maximum absolute atomic E-state index is 12.6. The number of esters is 1. The third kappa shape index (κ3) is 3.57. The third-order valence-corrected chi connectivity index (χ3v) is 4.87. The number of carbonyl (C=O) groups is 2. The van der Waals surface area contributed by atoms with Gasteiger partial charge in [-0.3, -0.25) is 15.2 Å². The first-order valence-electron chi connectivity index (χ1n) is 8.27. The molecule has 25 heavy (non-hydrogen) atoms. The van der Waals surface area contributed by atoms with E-state index in [1.807, 2.05) is 13.8 Å². The number of fused-ring (bicyclic) bond motifs is 1. The van der Waals surface area contributed by atoms with Crippen molar-refractivity contribution in [3.05, 3.63) is 27.5 Å². The maximum atomic E-state index is 12.6. The first-order chi connectivity index (χ1) is 12.0. The fourth-order valence-corrected chi connectivity index (χ4v) is 3.70. The minimum Gasteiger partial charge on any atom is -0.462 e. The molecule has 134 valence electrons. The Hall–Kier alpha value is -2.26. The number of amides is 1. The molecule has 3 heterocycles. The molecule has 3 rings (SSSR count). The van der Waals surface area contributed by atoms with Crippen LogP contribution < -0.4 is 10.6 Å². The van der Waals surface area contributed by atoms with Gasteiger partial charge in [0.05, 0.1) is 12.3 Å². The van der Waals surface area contributed by atoms with Gasteiger partial charge in [-0.2, -0.15) is 5.10 Å². The summed E-state index contributed by atoms with van der Waals surface area (Å²) < 4.78 is 5.08. The van der Waals surface area contributed by atoms with Crippen LogP contribution in [0.3, 0.4) is 0 Å². The molecule has 3 N–H and O–H groups in total. The van der Waals surface area contributed by atoms with Crippen LogP contribution in [-0.2, 0) is 17.7 Å². The van der Waals surface area contributed by atoms with Gasteiger partial charge in [-0.15, -0.1) is 0 Å². The van der Waals surface area contributed by atoms with E-state index < -0.39 is 5.97 Å². The maximum Gasteiger partial charge on any atom is 0.350 e. The highest BCUT2D eigenvalue weighted by Crippen LogP contribution is 2.29. The van der Waals surface area contributed by atoms with Crippen LogP contribution in [0.25, 0.3) is 0 Å². The molecule has 0 atom stereocenters. The van der Waals surface area contributed by atoms with Crippen LogP contribution in [0.2, 0.25) is 0 Å². The van der Waals surface area contributed by atoms with Crippen LogP contribution in [0.15, 0.2) is 0 Å². The Kier molecular flexibility index (Phi) is 5.14. The molecule has 1 aliphatic heterocycles. The van der Waals surface area contributed by atoms with Gasteiger partial charge in [-0.1, -0.05) is 25.2 Å². The molecule has 2 aromatic rings. The standard InChI is InChI=1S/C16H21N5O3S/c1-4-24-15(23)13-11(8(2)3)18-16(25-13)19-14(22)12-9-7-17-6-5-10(9)20-21-12/h8,17H,4-7H2,1-3H3,(H,20,21)(H,18,19,22). The highest BCUT2D eigenvalue weighted by molar-refractivity contribution is 7.17. The number of anilines is 1. The number of rotatable bonds is 5. The summed E-state index contributed by atoms with van der Waals surface area (Å²) in [5, 5.41) is 13.4. The van der Waals surface area contributed by atoms with Crippen LogP contribution in [0.5, 0.6) is 0 Å². The molecule has 8 nitrogen and oxygen atoms in total. The zero-order chi connectivity index (χ0) is 18.0. The number of thiazole rings is 1. The Bertz CT molecular complexity index is 796. The van der Waals surface area contributed by atoms with E-state index >= 15 is 0 Å². The van der Waals surface area contributed by atoms with E-state index in [9.17, 15) is 9.59 Å². The lowest BCUT2D eigenvalue weighted by Gasteiger charge is -2.12. The third-order valence-electron chi connectivity index (χ3n) is 3.90. The lowest BCUT2D eigenvalue weighted by Crippen LogP contribution is -2.25. The minimum atomic E-state index is -0.412. The molecule has 1 amide bonds.